The number of hydrogen-bond donors (Lipinski definition) is 1. The standard InChI is InChI=1S/C26H36N4O3S/c1-19-23(20(2)33-28-19)17-29-12-14-30(15-13-29)26(32)22-10-6-7-11-24(22)34-18-25(31)27-16-21-8-4-3-5-9-21/h6-7,10-11,21H,3-5,8-9,12-18H2,1-2H3,(H,27,31). The number of piperazine rings is 1. The molecule has 1 aromatic heterocycles. The molecule has 1 saturated carbocycles. The van der Waals surface area contributed by atoms with Gasteiger partial charge in [0.1, 0.15) is 5.76 Å². The van der Waals surface area contributed by atoms with Gasteiger partial charge >= 0.3 is 0 Å². The summed E-state index contributed by atoms with van der Waals surface area (Å²) in [6.07, 6.45) is 6.31. The first-order valence-corrected chi connectivity index (χ1v) is 13.4. The van der Waals surface area contributed by atoms with Crippen LogP contribution in [0.3, 0.4) is 0 Å². The maximum atomic E-state index is 13.3. The fraction of sp³-hybridized carbons (Fsp3) is 0.577. The molecule has 0 bridgehead atoms. The summed E-state index contributed by atoms with van der Waals surface area (Å²) < 4.78 is 5.28. The van der Waals surface area contributed by atoms with Crippen LogP contribution in [0.25, 0.3) is 0 Å². The normalized spacial score (nSPS) is 17.6. The minimum absolute atomic E-state index is 0.0442. The zero-order chi connectivity index (χ0) is 23.9. The summed E-state index contributed by atoms with van der Waals surface area (Å²) in [4.78, 5) is 30.8. The van der Waals surface area contributed by atoms with E-state index >= 15 is 0 Å². The Kier molecular flexibility index (Phi) is 8.67. The Bertz CT molecular complexity index is 959. The quantitative estimate of drug-likeness (QED) is 0.570. The summed E-state index contributed by atoms with van der Waals surface area (Å²) >= 11 is 1.45. The minimum atomic E-state index is 0.0442. The van der Waals surface area contributed by atoms with Crippen LogP contribution in [0.2, 0.25) is 0 Å². The van der Waals surface area contributed by atoms with Crippen molar-refractivity contribution in [3.05, 3.63) is 46.8 Å². The Balaban J connectivity index is 1.27. The first kappa shape index (κ1) is 24.8. The molecule has 1 saturated heterocycles. The van der Waals surface area contributed by atoms with Crippen molar-refractivity contribution in [2.45, 2.75) is 57.4 Å². The molecule has 1 aliphatic heterocycles. The van der Waals surface area contributed by atoms with Gasteiger partial charge in [0, 0.05) is 49.7 Å². The molecular formula is C26H36N4O3S. The van der Waals surface area contributed by atoms with E-state index in [1.807, 2.05) is 43.0 Å². The van der Waals surface area contributed by atoms with Gasteiger partial charge in [0.25, 0.3) is 5.91 Å². The molecule has 34 heavy (non-hydrogen) atoms. The van der Waals surface area contributed by atoms with Crippen molar-refractivity contribution >= 4 is 23.6 Å². The molecular weight excluding hydrogens is 448 g/mol. The van der Waals surface area contributed by atoms with E-state index in [9.17, 15) is 9.59 Å². The van der Waals surface area contributed by atoms with Gasteiger partial charge in [-0.15, -0.1) is 11.8 Å². The summed E-state index contributed by atoms with van der Waals surface area (Å²) in [5.74, 6) is 1.91. The van der Waals surface area contributed by atoms with E-state index in [2.05, 4.69) is 15.4 Å². The van der Waals surface area contributed by atoms with Gasteiger partial charge in [-0.2, -0.15) is 0 Å². The molecule has 8 heteroatoms. The van der Waals surface area contributed by atoms with Crippen LogP contribution in [0, 0.1) is 19.8 Å². The molecule has 2 heterocycles. The number of benzene rings is 1. The smallest absolute Gasteiger partial charge is 0.255 e. The Morgan fingerprint density at radius 3 is 2.53 bits per heavy atom. The summed E-state index contributed by atoms with van der Waals surface area (Å²) in [7, 11) is 0. The summed E-state index contributed by atoms with van der Waals surface area (Å²) in [6, 6.07) is 7.65. The van der Waals surface area contributed by atoms with Gasteiger partial charge in [0.2, 0.25) is 5.91 Å². The van der Waals surface area contributed by atoms with Gasteiger partial charge in [-0.3, -0.25) is 14.5 Å². The molecule has 2 fully saturated rings. The molecule has 0 spiro atoms. The summed E-state index contributed by atoms with van der Waals surface area (Å²) in [5.41, 5.74) is 2.76. The SMILES string of the molecule is Cc1noc(C)c1CN1CCN(C(=O)c2ccccc2SCC(=O)NCC2CCCCC2)CC1. The molecule has 7 nitrogen and oxygen atoms in total. The highest BCUT2D eigenvalue weighted by Crippen LogP contribution is 2.26. The van der Waals surface area contributed by atoms with Crippen LogP contribution in [0.4, 0.5) is 0 Å². The lowest BCUT2D eigenvalue weighted by Crippen LogP contribution is -2.48. The van der Waals surface area contributed by atoms with Crippen molar-refractivity contribution < 1.29 is 14.1 Å². The largest absolute Gasteiger partial charge is 0.361 e. The zero-order valence-corrected chi connectivity index (χ0v) is 21.2. The number of amides is 2. The third kappa shape index (κ3) is 6.42. The van der Waals surface area contributed by atoms with Crippen LogP contribution in [-0.2, 0) is 11.3 Å². The molecule has 2 aliphatic rings. The number of carbonyl (C=O) groups is 2. The highest BCUT2D eigenvalue weighted by atomic mass is 32.2. The predicted molar refractivity (Wildman–Crippen MR) is 134 cm³/mol. The number of nitrogens with one attached hydrogen (secondary N) is 1. The lowest BCUT2D eigenvalue weighted by molar-refractivity contribution is -0.118. The first-order chi connectivity index (χ1) is 16.5. The van der Waals surface area contributed by atoms with Crippen LogP contribution in [-0.4, -0.2) is 65.2 Å². The minimum Gasteiger partial charge on any atom is -0.361 e. The van der Waals surface area contributed by atoms with Gasteiger partial charge < -0.3 is 14.7 Å². The second kappa shape index (κ2) is 11.9. The van der Waals surface area contributed by atoms with Crippen molar-refractivity contribution in [3.8, 4) is 0 Å². The average molecular weight is 485 g/mol. The Morgan fingerprint density at radius 2 is 1.82 bits per heavy atom. The number of thioether (sulfide) groups is 1. The van der Waals surface area contributed by atoms with Crippen LogP contribution >= 0.6 is 11.8 Å². The molecule has 0 radical (unpaired) electrons. The third-order valence-electron chi connectivity index (χ3n) is 7.01. The number of nitrogens with zero attached hydrogens (tertiary/aromatic N) is 3. The van der Waals surface area contributed by atoms with Gasteiger partial charge in [0.05, 0.1) is 17.0 Å². The van der Waals surface area contributed by atoms with Gasteiger partial charge in [-0.1, -0.05) is 36.6 Å². The molecule has 0 unspecified atom stereocenters. The van der Waals surface area contributed by atoms with E-state index in [4.69, 9.17) is 4.52 Å². The molecule has 2 aromatic rings. The Morgan fingerprint density at radius 1 is 1.09 bits per heavy atom. The van der Waals surface area contributed by atoms with Crippen LogP contribution in [0.1, 0.15) is 59.5 Å². The molecule has 1 aliphatic carbocycles. The van der Waals surface area contributed by atoms with E-state index in [0.29, 0.717) is 30.3 Å². The molecule has 1 N–H and O–H groups in total. The van der Waals surface area contributed by atoms with Crippen LogP contribution in [0.15, 0.2) is 33.7 Å². The Hall–Kier alpha value is -2.32. The van der Waals surface area contributed by atoms with Crippen molar-refractivity contribution in [3.63, 3.8) is 0 Å². The Labute approximate surface area is 206 Å². The first-order valence-electron chi connectivity index (χ1n) is 12.4. The summed E-state index contributed by atoms with van der Waals surface area (Å²) in [5, 5.41) is 7.14. The number of aryl methyl sites for hydroxylation is 2. The monoisotopic (exact) mass is 484 g/mol. The zero-order valence-electron chi connectivity index (χ0n) is 20.3. The van der Waals surface area contributed by atoms with Gasteiger partial charge in [0.15, 0.2) is 0 Å². The van der Waals surface area contributed by atoms with Crippen LogP contribution in [0.5, 0.6) is 0 Å². The molecule has 1 aromatic carbocycles. The predicted octanol–water partition coefficient (Wildman–Crippen LogP) is 4.04. The fourth-order valence-corrected chi connectivity index (χ4v) is 5.72. The highest BCUT2D eigenvalue weighted by molar-refractivity contribution is 8.00. The fourth-order valence-electron chi connectivity index (χ4n) is 4.84. The number of rotatable bonds is 8. The summed E-state index contributed by atoms with van der Waals surface area (Å²) in [6.45, 7) is 8.48. The number of aromatic nitrogens is 1. The third-order valence-corrected chi connectivity index (χ3v) is 8.08. The van der Waals surface area contributed by atoms with E-state index in [1.54, 1.807) is 0 Å². The van der Waals surface area contributed by atoms with E-state index in [0.717, 1.165) is 48.1 Å². The molecule has 2 amide bonds. The topological polar surface area (TPSA) is 78.7 Å². The van der Waals surface area contributed by atoms with E-state index < -0.39 is 0 Å². The number of hydrogen-bond acceptors (Lipinski definition) is 6. The van der Waals surface area contributed by atoms with Gasteiger partial charge in [-0.05, 0) is 44.7 Å². The van der Waals surface area contributed by atoms with E-state index in [-0.39, 0.29) is 11.8 Å². The molecule has 4 rings (SSSR count). The van der Waals surface area contributed by atoms with E-state index in [1.165, 1.54) is 43.9 Å². The van der Waals surface area contributed by atoms with Crippen molar-refractivity contribution in [1.82, 2.24) is 20.3 Å². The lowest BCUT2D eigenvalue weighted by atomic mass is 9.89. The van der Waals surface area contributed by atoms with Crippen molar-refractivity contribution in [2.24, 2.45) is 5.92 Å². The highest BCUT2D eigenvalue weighted by Gasteiger charge is 2.25. The average Bonchev–Trinajstić information content (AvgIpc) is 3.19. The van der Waals surface area contributed by atoms with Gasteiger partial charge in [-0.25, -0.2) is 0 Å². The molecule has 0 atom stereocenters. The molecule has 184 valence electrons. The lowest BCUT2D eigenvalue weighted by Gasteiger charge is -2.35. The second-order valence-electron chi connectivity index (χ2n) is 9.46. The van der Waals surface area contributed by atoms with Crippen LogP contribution < -0.4 is 5.32 Å². The van der Waals surface area contributed by atoms with Crippen molar-refractivity contribution in [2.75, 3.05) is 38.5 Å². The maximum absolute atomic E-state index is 13.3. The number of carbonyl (C=O) groups excluding carboxylic acids is 2. The van der Waals surface area contributed by atoms with Crippen molar-refractivity contribution in [1.29, 1.82) is 0 Å². The maximum Gasteiger partial charge on any atom is 0.255 e. The second-order valence-corrected chi connectivity index (χ2v) is 10.5.